The van der Waals surface area contributed by atoms with E-state index in [-0.39, 0.29) is 12.3 Å². The Kier molecular flexibility index (Phi) is 6.65. The zero-order chi connectivity index (χ0) is 19.8. The molecule has 0 fully saturated rings. The van der Waals surface area contributed by atoms with Crippen LogP contribution in [-0.4, -0.2) is 23.3 Å². The quantitative estimate of drug-likeness (QED) is 0.462. The van der Waals surface area contributed by atoms with Gasteiger partial charge in [-0.15, -0.1) is 0 Å². The van der Waals surface area contributed by atoms with Crippen LogP contribution < -0.4 is 15.6 Å². The van der Waals surface area contributed by atoms with E-state index < -0.39 is 16.7 Å². The average molecular weight is 369 g/mol. The van der Waals surface area contributed by atoms with Crippen LogP contribution in [0.3, 0.4) is 0 Å². The Morgan fingerprint density at radius 1 is 1.11 bits per heavy atom. The van der Waals surface area contributed by atoms with E-state index in [9.17, 15) is 19.7 Å². The van der Waals surface area contributed by atoms with Gasteiger partial charge < -0.3 is 4.74 Å². The molecule has 8 heteroatoms. The number of amides is 2. The summed E-state index contributed by atoms with van der Waals surface area (Å²) >= 11 is 0. The number of nitrogens with zero attached hydrogens (tertiary/aromatic N) is 1. The number of nitrogens with one attached hydrogen (secondary N) is 2. The molecule has 140 valence electrons. The Hall–Kier alpha value is -3.68. The van der Waals surface area contributed by atoms with Gasteiger partial charge >= 0.3 is 0 Å². The summed E-state index contributed by atoms with van der Waals surface area (Å²) in [4.78, 5) is 33.5. The lowest BCUT2D eigenvalue weighted by Gasteiger charge is -2.10. The number of aryl methyl sites for hydroxylation is 2. The number of hydrogen-bond acceptors (Lipinski definition) is 5. The summed E-state index contributed by atoms with van der Waals surface area (Å²) in [5.74, 6) is -0.448. The molecule has 2 amide bonds. The molecule has 0 spiro atoms. The summed E-state index contributed by atoms with van der Waals surface area (Å²) in [6.45, 7) is 3.55. The van der Waals surface area contributed by atoms with Crippen LogP contribution in [0.25, 0.3) is 6.08 Å². The first-order valence-electron chi connectivity index (χ1n) is 8.06. The molecule has 8 nitrogen and oxygen atoms in total. The van der Waals surface area contributed by atoms with Crippen molar-refractivity contribution in [3.8, 4) is 5.75 Å². The van der Waals surface area contributed by atoms with E-state index >= 15 is 0 Å². The molecule has 2 aromatic carbocycles. The van der Waals surface area contributed by atoms with Crippen LogP contribution in [0, 0.1) is 24.0 Å². The summed E-state index contributed by atoms with van der Waals surface area (Å²) < 4.78 is 5.44. The highest BCUT2D eigenvalue weighted by Crippen LogP contribution is 2.18. The maximum atomic E-state index is 11.8. The molecule has 0 aliphatic rings. The van der Waals surface area contributed by atoms with Gasteiger partial charge in [0.25, 0.3) is 17.5 Å². The molecule has 0 aliphatic carbocycles. The molecule has 2 rings (SSSR count). The van der Waals surface area contributed by atoms with Gasteiger partial charge in [-0.25, -0.2) is 0 Å². The molecule has 2 aromatic rings. The number of benzene rings is 2. The maximum absolute atomic E-state index is 11.8. The van der Waals surface area contributed by atoms with Crippen molar-refractivity contribution in [2.45, 2.75) is 13.8 Å². The number of hydrazine groups is 1. The van der Waals surface area contributed by atoms with E-state index in [1.807, 2.05) is 32.0 Å². The molecular weight excluding hydrogens is 350 g/mol. The van der Waals surface area contributed by atoms with Gasteiger partial charge in [-0.1, -0.05) is 12.1 Å². The first-order valence-corrected chi connectivity index (χ1v) is 8.06. The highest BCUT2D eigenvalue weighted by atomic mass is 16.6. The number of hydrogen-bond donors (Lipinski definition) is 2. The van der Waals surface area contributed by atoms with Crippen LogP contribution in [0.1, 0.15) is 16.7 Å². The van der Waals surface area contributed by atoms with Crippen LogP contribution >= 0.6 is 0 Å². The second kappa shape index (κ2) is 9.14. The third-order valence-corrected chi connectivity index (χ3v) is 3.56. The standard InChI is InChI=1S/C19H19N3O5/c1-13-3-4-14(2)17(11-13)27-12-19(24)21-20-18(23)10-7-15-5-8-16(9-6-15)22(25)26/h3-11H,12H2,1-2H3,(H,20,23)(H,21,24). The van der Waals surface area contributed by atoms with Gasteiger partial charge in [0.2, 0.25) is 0 Å². The van der Waals surface area contributed by atoms with Crippen LogP contribution in [0.15, 0.2) is 48.5 Å². The van der Waals surface area contributed by atoms with E-state index in [1.54, 1.807) is 0 Å². The van der Waals surface area contributed by atoms with Crippen molar-refractivity contribution in [3.05, 3.63) is 75.3 Å². The first kappa shape index (κ1) is 19.6. The van der Waals surface area contributed by atoms with Gasteiger partial charge in [0, 0.05) is 18.2 Å². The number of ether oxygens (including phenoxy) is 1. The molecule has 27 heavy (non-hydrogen) atoms. The molecule has 0 aliphatic heterocycles. The smallest absolute Gasteiger partial charge is 0.276 e. The highest BCUT2D eigenvalue weighted by Gasteiger charge is 2.06. The molecule has 0 saturated carbocycles. The fraction of sp³-hybridized carbons (Fsp3) is 0.158. The minimum Gasteiger partial charge on any atom is -0.483 e. The fourth-order valence-corrected chi connectivity index (χ4v) is 2.09. The monoisotopic (exact) mass is 369 g/mol. The van der Waals surface area contributed by atoms with Gasteiger partial charge in [0.15, 0.2) is 6.61 Å². The molecule has 2 N–H and O–H groups in total. The summed E-state index contributed by atoms with van der Waals surface area (Å²) in [6.07, 6.45) is 2.67. The van der Waals surface area contributed by atoms with Crippen LogP contribution in [0.2, 0.25) is 0 Å². The lowest BCUT2D eigenvalue weighted by molar-refractivity contribution is -0.384. The van der Waals surface area contributed by atoms with Crippen molar-refractivity contribution in [1.82, 2.24) is 10.9 Å². The predicted molar refractivity (Wildman–Crippen MR) is 99.8 cm³/mol. The second-order valence-corrected chi connectivity index (χ2v) is 5.78. The molecule has 0 bridgehead atoms. The molecule has 0 aromatic heterocycles. The van der Waals surface area contributed by atoms with Crippen LogP contribution in [-0.2, 0) is 9.59 Å². The Labute approximate surface area is 156 Å². The largest absolute Gasteiger partial charge is 0.483 e. The molecule has 0 unspecified atom stereocenters. The minimum atomic E-state index is -0.548. The van der Waals surface area contributed by atoms with E-state index in [4.69, 9.17) is 4.74 Å². The molecule has 0 radical (unpaired) electrons. The first-order chi connectivity index (χ1) is 12.8. The van der Waals surface area contributed by atoms with Gasteiger partial charge in [-0.2, -0.15) is 0 Å². The lowest BCUT2D eigenvalue weighted by atomic mass is 10.1. The number of nitro benzene ring substituents is 1. The SMILES string of the molecule is Cc1ccc(C)c(OCC(=O)NNC(=O)C=Cc2ccc([N+](=O)[O-])cc2)c1. The van der Waals surface area contributed by atoms with Crippen molar-refractivity contribution >= 4 is 23.6 Å². The van der Waals surface area contributed by atoms with Crippen molar-refractivity contribution in [3.63, 3.8) is 0 Å². The van der Waals surface area contributed by atoms with Crippen molar-refractivity contribution < 1.29 is 19.2 Å². The van der Waals surface area contributed by atoms with Crippen molar-refractivity contribution in [1.29, 1.82) is 0 Å². The molecule has 0 atom stereocenters. The Bertz CT molecular complexity index is 875. The Morgan fingerprint density at radius 2 is 1.81 bits per heavy atom. The van der Waals surface area contributed by atoms with Crippen LogP contribution in [0.4, 0.5) is 5.69 Å². The van der Waals surface area contributed by atoms with Crippen LogP contribution in [0.5, 0.6) is 5.75 Å². The number of nitro groups is 1. The number of carbonyl (C=O) groups excluding carboxylic acids is 2. The van der Waals surface area contributed by atoms with Crippen molar-refractivity contribution in [2.75, 3.05) is 6.61 Å². The zero-order valence-electron chi connectivity index (χ0n) is 14.9. The molecule has 0 saturated heterocycles. The number of carbonyl (C=O) groups is 2. The van der Waals surface area contributed by atoms with Gasteiger partial charge in [0.05, 0.1) is 4.92 Å². The molecular formula is C19H19N3O5. The maximum Gasteiger partial charge on any atom is 0.276 e. The summed E-state index contributed by atoms with van der Waals surface area (Å²) in [5, 5.41) is 10.6. The summed E-state index contributed by atoms with van der Waals surface area (Å²) in [5.41, 5.74) is 6.97. The average Bonchev–Trinajstić information content (AvgIpc) is 2.65. The van der Waals surface area contributed by atoms with Gasteiger partial charge in [0.1, 0.15) is 5.75 Å². The van der Waals surface area contributed by atoms with Gasteiger partial charge in [-0.3, -0.25) is 30.6 Å². The normalized spacial score (nSPS) is 10.4. The van der Waals surface area contributed by atoms with E-state index in [1.165, 1.54) is 36.4 Å². The van der Waals surface area contributed by atoms with Crippen molar-refractivity contribution in [2.24, 2.45) is 0 Å². The Morgan fingerprint density at radius 3 is 2.48 bits per heavy atom. The van der Waals surface area contributed by atoms with E-state index in [2.05, 4.69) is 10.9 Å². The topological polar surface area (TPSA) is 111 Å². The second-order valence-electron chi connectivity index (χ2n) is 5.78. The minimum absolute atomic E-state index is 0.0345. The number of non-ortho nitro benzene ring substituents is 1. The fourth-order valence-electron chi connectivity index (χ4n) is 2.09. The zero-order valence-corrected chi connectivity index (χ0v) is 14.9. The third kappa shape index (κ3) is 6.28. The van der Waals surface area contributed by atoms with E-state index in [0.29, 0.717) is 11.3 Å². The number of rotatable bonds is 6. The predicted octanol–water partition coefficient (Wildman–Crippen LogP) is 2.45. The Balaban J connectivity index is 1.78. The lowest BCUT2D eigenvalue weighted by Crippen LogP contribution is -2.43. The summed E-state index contributed by atoms with van der Waals surface area (Å²) in [6, 6.07) is 11.4. The summed E-state index contributed by atoms with van der Waals surface area (Å²) in [7, 11) is 0. The third-order valence-electron chi connectivity index (χ3n) is 3.56. The molecule has 0 heterocycles. The highest BCUT2D eigenvalue weighted by molar-refractivity contribution is 5.93. The van der Waals surface area contributed by atoms with Gasteiger partial charge in [-0.05, 0) is 54.8 Å². The van der Waals surface area contributed by atoms with E-state index in [0.717, 1.165) is 11.1 Å².